The molecule has 1 aromatic carbocycles. The zero-order valence-electron chi connectivity index (χ0n) is 15.6. The van der Waals surface area contributed by atoms with Gasteiger partial charge in [-0.25, -0.2) is 4.79 Å². The molecule has 1 aromatic rings. The van der Waals surface area contributed by atoms with Crippen LogP contribution in [0.25, 0.3) is 0 Å². The Labute approximate surface area is 149 Å². The number of carbonyl (C=O) groups excluding carboxylic acids is 2. The molecule has 138 valence electrons. The number of ether oxygens (including phenoxy) is 2. The van der Waals surface area contributed by atoms with Crippen molar-refractivity contribution < 1.29 is 19.1 Å². The van der Waals surface area contributed by atoms with Crippen molar-refractivity contribution in [1.82, 2.24) is 10.2 Å². The van der Waals surface area contributed by atoms with Gasteiger partial charge in [-0.05, 0) is 57.2 Å². The highest BCUT2D eigenvalue weighted by molar-refractivity contribution is 5.78. The zero-order valence-corrected chi connectivity index (χ0v) is 15.6. The highest BCUT2D eigenvalue weighted by Gasteiger charge is 2.24. The Bertz CT molecular complexity index is 622. The Morgan fingerprint density at radius 2 is 1.80 bits per heavy atom. The zero-order chi connectivity index (χ0) is 18.4. The average Bonchev–Trinajstić information content (AvgIpc) is 2.59. The fourth-order valence-corrected chi connectivity index (χ4v) is 2.98. The number of rotatable bonds is 5. The van der Waals surface area contributed by atoms with E-state index in [0.29, 0.717) is 19.7 Å². The summed E-state index contributed by atoms with van der Waals surface area (Å²) in [7, 11) is 0. The lowest BCUT2D eigenvalue weighted by Crippen LogP contribution is -2.47. The second-order valence-electron chi connectivity index (χ2n) is 6.47. The Morgan fingerprint density at radius 1 is 1.16 bits per heavy atom. The Balaban J connectivity index is 1.79. The van der Waals surface area contributed by atoms with Gasteiger partial charge in [-0.3, -0.25) is 4.79 Å². The van der Waals surface area contributed by atoms with Crippen molar-refractivity contribution in [2.75, 3.05) is 26.3 Å². The number of benzene rings is 1. The Morgan fingerprint density at radius 3 is 2.44 bits per heavy atom. The van der Waals surface area contributed by atoms with Crippen LogP contribution in [-0.2, 0) is 9.53 Å². The van der Waals surface area contributed by atoms with Gasteiger partial charge in [0.15, 0.2) is 6.61 Å². The second kappa shape index (κ2) is 8.74. The van der Waals surface area contributed by atoms with Crippen LogP contribution < -0.4 is 10.1 Å². The van der Waals surface area contributed by atoms with Crippen LogP contribution in [0.5, 0.6) is 5.75 Å². The molecule has 2 rings (SSSR count). The fraction of sp³-hybridized carbons (Fsp3) is 0.579. The van der Waals surface area contributed by atoms with Crippen molar-refractivity contribution in [2.24, 2.45) is 0 Å². The van der Waals surface area contributed by atoms with Crippen LogP contribution in [0.4, 0.5) is 4.79 Å². The lowest BCUT2D eigenvalue weighted by Gasteiger charge is -2.31. The molecule has 1 saturated heterocycles. The standard InChI is InChI=1S/C19H28N2O4/c1-5-24-19(23)21-10-8-16(9-11-21)20-17(22)12-25-18-14(3)7-6-13(2)15(18)4/h6-7,16H,5,8-12H2,1-4H3,(H,20,22). The molecule has 0 aliphatic carbocycles. The minimum atomic E-state index is -0.277. The van der Waals surface area contributed by atoms with Gasteiger partial charge in [-0.15, -0.1) is 0 Å². The van der Waals surface area contributed by atoms with Crippen LogP contribution in [0.15, 0.2) is 12.1 Å². The van der Waals surface area contributed by atoms with E-state index in [1.54, 1.807) is 11.8 Å². The third kappa shape index (κ3) is 5.11. The van der Waals surface area contributed by atoms with Crippen LogP contribution in [-0.4, -0.2) is 49.2 Å². The van der Waals surface area contributed by atoms with Gasteiger partial charge in [-0.2, -0.15) is 0 Å². The molecule has 1 N–H and O–H groups in total. The predicted octanol–water partition coefficient (Wildman–Crippen LogP) is 2.73. The number of piperidine rings is 1. The maximum atomic E-state index is 12.2. The van der Waals surface area contributed by atoms with Crippen molar-refractivity contribution in [1.29, 1.82) is 0 Å². The van der Waals surface area contributed by atoms with E-state index >= 15 is 0 Å². The number of likely N-dealkylation sites (tertiary alicyclic amines) is 1. The number of carbonyl (C=O) groups is 2. The monoisotopic (exact) mass is 348 g/mol. The number of aryl methyl sites for hydroxylation is 2. The number of nitrogens with one attached hydrogen (secondary N) is 1. The topological polar surface area (TPSA) is 67.9 Å². The lowest BCUT2D eigenvalue weighted by molar-refractivity contribution is -0.124. The molecule has 1 fully saturated rings. The molecule has 1 aliphatic rings. The highest BCUT2D eigenvalue weighted by Crippen LogP contribution is 2.25. The van der Waals surface area contributed by atoms with E-state index in [-0.39, 0.29) is 24.6 Å². The number of hydrogen-bond acceptors (Lipinski definition) is 4. The molecule has 0 unspecified atom stereocenters. The van der Waals surface area contributed by atoms with Gasteiger partial charge in [0.05, 0.1) is 6.61 Å². The number of hydrogen-bond donors (Lipinski definition) is 1. The number of amides is 2. The lowest BCUT2D eigenvalue weighted by atomic mass is 10.1. The average molecular weight is 348 g/mol. The van der Waals surface area contributed by atoms with E-state index in [1.807, 2.05) is 26.8 Å². The highest BCUT2D eigenvalue weighted by atomic mass is 16.6. The summed E-state index contributed by atoms with van der Waals surface area (Å²) in [6, 6.07) is 4.12. The summed E-state index contributed by atoms with van der Waals surface area (Å²) in [5.74, 6) is 0.655. The first-order valence-electron chi connectivity index (χ1n) is 8.83. The van der Waals surface area contributed by atoms with Crippen molar-refractivity contribution in [2.45, 2.75) is 46.6 Å². The van der Waals surface area contributed by atoms with E-state index < -0.39 is 0 Å². The summed E-state index contributed by atoms with van der Waals surface area (Å²) in [6.07, 6.45) is 1.18. The summed E-state index contributed by atoms with van der Waals surface area (Å²) in [5, 5.41) is 2.99. The van der Waals surface area contributed by atoms with Gasteiger partial charge in [0.1, 0.15) is 5.75 Å². The van der Waals surface area contributed by atoms with Crippen molar-refractivity contribution >= 4 is 12.0 Å². The molecule has 25 heavy (non-hydrogen) atoms. The van der Waals surface area contributed by atoms with Crippen molar-refractivity contribution in [3.8, 4) is 5.75 Å². The van der Waals surface area contributed by atoms with E-state index in [0.717, 1.165) is 35.3 Å². The van der Waals surface area contributed by atoms with E-state index in [2.05, 4.69) is 11.4 Å². The second-order valence-corrected chi connectivity index (χ2v) is 6.47. The molecule has 1 aliphatic heterocycles. The maximum absolute atomic E-state index is 12.2. The predicted molar refractivity (Wildman–Crippen MR) is 95.9 cm³/mol. The third-order valence-electron chi connectivity index (χ3n) is 4.61. The molecule has 0 radical (unpaired) electrons. The summed E-state index contributed by atoms with van der Waals surface area (Å²) in [5.41, 5.74) is 3.24. The van der Waals surface area contributed by atoms with Crippen LogP contribution >= 0.6 is 0 Å². The quantitative estimate of drug-likeness (QED) is 0.888. The van der Waals surface area contributed by atoms with Gasteiger partial charge >= 0.3 is 6.09 Å². The Hall–Kier alpha value is -2.24. The Kier molecular flexibility index (Phi) is 6.67. The molecule has 0 bridgehead atoms. The van der Waals surface area contributed by atoms with Gasteiger partial charge in [-0.1, -0.05) is 12.1 Å². The molecule has 0 spiro atoms. The molecule has 0 atom stereocenters. The summed E-state index contributed by atoms with van der Waals surface area (Å²) < 4.78 is 10.7. The maximum Gasteiger partial charge on any atom is 0.409 e. The van der Waals surface area contributed by atoms with E-state index in [4.69, 9.17) is 9.47 Å². The van der Waals surface area contributed by atoms with E-state index in [9.17, 15) is 9.59 Å². The van der Waals surface area contributed by atoms with Crippen molar-refractivity contribution in [3.05, 3.63) is 28.8 Å². The molecular weight excluding hydrogens is 320 g/mol. The molecule has 0 saturated carbocycles. The van der Waals surface area contributed by atoms with Crippen molar-refractivity contribution in [3.63, 3.8) is 0 Å². The summed E-state index contributed by atoms with van der Waals surface area (Å²) in [6.45, 7) is 9.38. The minimum absolute atomic E-state index is 0.00320. The van der Waals surface area contributed by atoms with Crippen LogP contribution in [0.1, 0.15) is 36.5 Å². The SMILES string of the molecule is CCOC(=O)N1CCC(NC(=O)COc2c(C)ccc(C)c2C)CC1. The fourth-order valence-electron chi connectivity index (χ4n) is 2.98. The largest absolute Gasteiger partial charge is 0.483 e. The molecular formula is C19H28N2O4. The van der Waals surface area contributed by atoms with Crippen LogP contribution in [0, 0.1) is 20.8 Å². The van der Waals surface area contributed by atoms with Crippen LogP contribution in [0.2, 0.25) is 0 Å². The molecule has 6 heteroatoms. The minimum Gasteiger partial charge on any atom is -0.483 e. The first-order chi connectivity index (χ1) is 11.9. The number of nitrogens with zero attached hydrogens (tertiary/aromatic N) is 1. The molecule has 2 amide bonds. The molecule has 1 heterocycles. The van der Waals surface area contributed by atoms with Gasteiger partial charge in [0.2, 0.25) is 0 Å². The first-order valence-corrected chi connectivity index (χ1v) is 8.83. The van der Waals surface area contributed by atoms with E-state index in [1.165, 1.54) is 0 Å². The van der Waals surface area contributed by atoms with Gasteiger partial charge in [0, 0.05) is 19.1 Å². The molecule has 0 aromatic heterocycles. The van der Waals surface area contributed by atoms with Gasteiger partial charge < -0.3 is 19.7 Å². The smallest absolute Gasteiger partial charge is 0.409 e. The summed E-state index contributed by atoms with van der Waals surface area (Å²) >= 11 is 0. The normalized spacial score (nSPS) is 15.0. The third-order valence-corrected chi connectivity index (χ3v) is 4.61. The van der Waals surface area contributed by atoms with Crippen LogP contribution in [0.3, 0.4) is 0 Å². The first kappa shape index (κ1) is 19.1. The molecule has 6 nitrogen and oxygen atoms in total. The summed E-state index contributed by atoms with van der Waals surface area (Å²) in [4.78, 5) is 25.5. The van der Waals surface area contributed by atoms with Gasteiger partial charge in [0.25, 0.3) is 5.91 Å².